The molecule has 6 atom stereocenters. The van der Waals surface area contributed by atoms with E-state index in [1.807, 2.05) is 0 Å². The summed E-state index contributed by atoms with van der Waals surface area (Å²) in [6.45, 7) is 14.0. The molecule has 1 aromatic rings. The molecule has 146 valence electrons. The average molecular weight is 365 g/mol. The summed E-state index contributed by atoms with van der Waals surface area (Å²) in [4.78, 5) is 0. The number of allylic oxidation sites excluding steroid dienone is 2. The fourth-order valence-corrected chi connectivity index (χ4v) is 6.86. The molecule has 0 bridgehead atoms. The minimum absolute atomic E-state index is 0.305. The molecule has 1 saturated heterocycles. The first kappa shape index (κ1) is 19.0. The van der Waals surface area contributed by atoms with E-state index in [4.69, 9.17) is 4.74 Å². The SMILES string of the molecule is C=C1CC[C@H]2[C@]3(C)C[C@@H](C=C(C)C)O[C@H]3CC[C@]2(C)[C@@H]1Cc1ccccc1. The van der Waals surface area contributed by atoms with Crippen LogP contribution < -0.4 is 0 Å². The van der Waals surface area contributed by atoms with E-state index in [1.165, 1.54) is 48.8 Å². The van der Waals surface area contributed by atoms with Gasteiger partial charge in [0.05, 0.1) is 12.2 Å². The van der Waals surface area contributed by atoms with Gasteiger partial charge in [-0.3, -0.25) is 0 Å². The number of hydrogen-bond acceptors (Lipinski definition) is 1. The highest BCUT2D eigenvalue weighted by Crippen LogP contribution is 2.65. The smallest absolute Gasteiger partial charge is 0.0768 e. The molecule has 4 rings (SSSR count). The lowest BCUT2D eigenvalue weighted by Gasteiger charge is -2.59. The maximum atomic E-state index is 6.55. The Morgan fingerprint density at radius 3 is 2.59 bits per heavy atom. The molecule has 0 unspecified atom stereocenters. The molecule has 2 saturated carbocycles. The zero-order chi connectivity index (χ0) is 19.2. The Bertz CT molecular complexity index is 728. The van der Waals surface area contributed by atoms with Crippen molar-refractivity contribution in [3.05, 3.63) is 59.7 Å². The molecular weight excluding hydrogens is 328 g/mol. The van der Waals surface area contributed by atoms with Gasteiger partial charge in [-0.1, -0.05) is 68.0 Å². The van der Waals surface area contributed by atoms with Gasteiger partial charge in [-0.2, -0.15) is 0 Å². The monoisotopic (exact) mass is 364 g/mol. The summed E-state index contributed by atoms with van der Waals surface area (Å²) in [5.74, 6) is 1.33. The Hall–Kier alpha value is -1.34. The Balaban J connectivity index is 1.64. The third-order valence-corrected chi connectivity index (χ3v) is 8.10. The maximum Gasteiger partial charge on any atom is 0.0768 e. The highest BCUT2D eigenvalue weighted by molar-refractivity contribution is 5.24. The molecule has 1 heteroatoms. The molecule has 2 aliphatic carbocycles. The Labute approximate surface area is 165 Å². The van der Waals surface area contributed by atoms with Crippen LogP contribution in [0.3, 0.4) is 0 Å². The topological polar surface area (TPSA) is 9.23 Å². The lowest BCUT2D eigenvalue weighted by atomic mass is 9.45. The molecule has 0 N–H and O–H groups in total. The van der Waals surface area contributed by atoms with Gasteiger partial charge in [-0.15, -0.1) is 0 Å². The minimum Gasteiger partial charge on any atom is -0.370 e. The van der Waals surface area contributed by atoms with Crippen molar-refractivity contribution in [1.29, 1.82) is 0 Å². The maximum absolute atomic E-state index is 6.55. The largest absolute Gasteiger partial charge is 0.370 e. The highest BCUT2D eigenvalue weighted by atomic mass is 16.5. The van der Waals surface area contributed by atoms with Gasteiger partial charge in [-0.05, 0) is 80.6 Å². The fourth-order valence-electron chi connectivity index (χ4n) is 6.86. The van der Waals surface area contributed by atoms with E-state index in [1.54, 1.807) is 0 Å². The van der Waals surface area contributed by atoms with Crippen molar-refractivity contribution in [1.82, 2.24) is 0 Å². The summed E-state index contributed by atoms with van der Waals surface area (Å²) in [6, 6.07) is 11.0. The second-order valence-corrected chi connectivity index (χ2v) is 10.2. The molecule has 0 spiro atoms. The summed E-state index contributed by atoms with van der Waals surface area (Å²) in [7, 11) is 0. The third kappa shape index (κ3) is 3.23. The van der Waals surface area contributed by atoms with Crippen LogP contribution in [-0.4, -0.2) is 12.2 Å². The van der Waals surface area contributed by atoms with E-state index < -0.39 is 0 Å². The van der Waals surface area contributed by atoms with E-state index in [2.05, 4.69) is 70.7 Å². The first-order valence-corrected chi connectivity index (χ1v) is 10.8. The van der Waals surface area contributed by atoms with E-state index in [-0.39, 0.29) is 0 Å². The quantitative estimate of drug-likeness (QED) is 0.540. The van der Waals surface area contributed by atoms with Crippen LogP contribution in [0.4, 0.5) is 0 Å². The van der Waals surface area contributed by atoms with Gasteiger partial charge in [0.1, 0.15) is 0 Å². The van der Waals surface area contributed by atoms with Gasteiger partial charge >= 0.3 is 0 Å². The van der Waals surface area contributed by atoms with Crippen molar-refractivity contribution in [2.45, 2.75) is 78.4 Å². The van der Waals surface area contributed by atoms with Gasteiger partial charge in [0.25, 0.3) is 0 Å². The lowest BCUT2D eigenvalue weighted by Crippen LogP contribution is -2.54. The van der Waals surface area contributed by atoms with Gasteiger partial charge in [0.15, 0.2) is 0 Å². The third-order valence-electron chi connectivity index (χ3n) is 8.10. The Morgan fingerprint density at radius 1 is 1.15 bits per heavy atom. The van der Waals surface area contributed by atoms with Crippen LogP contribution in [0.5, 0.6) is 0 Å². The van der Waals surface area contributed by atoms with Gasteiger partial charge in [0.2, 0.25) is 0 Å². The van der Waals surface area contributed by atoms with Crippen LogP contribution in [0.25, 0.3) is 0 Å². The molecular formula is C26H36O. The second-order valence-electron chi connectivity index (χ2n) is 10.2. The zero-order valence-electron chi connectivity index (χ0n) is 17.6. The molecule has 3 fully saturated rings. The summed E-state index contributed by atoms with van der Waals surface area (Å²) in [6.07, 6.45) is 10.4. The summed E-state index contributed by atoms with van der Waals surface area (Å²) in [5, 5.41) is 0. The molecule has 27 heavy (non-hydrogen) atoms. The van der Waals surface area contributed by atoms with Crippen LogP contribution in [0, 0.1) is 22.7 Å². The fraction of sp³-hybridized carbons (Fsp3) is 0.615. The van der Waals surface area contributed by atoms with Crippen LogP contribution >= 0.6 is 0 Å². The molecule has 3 aliphatic rings. The van der Waals surface area contributed by atoms with Gasteiger partial charge < -0.3 is 4.74 Å². The summed E-state index contributed by atoms with van der Waals surface area (Å²) < 4.78 is 6.55. The van der Waals surface area contributed by atoms with Crippen molar-refractivity contribution in [3.63, 3.8) is 0 Å². The van der Waals surface area contributed by atoms with Crippen molar-refractivity contribution in [2.75, 3.05) is 0 Å². The highest BCUT2D eigenvalue weighted by Gasteiger charge is 2.61. The molecule has 1 aliphatic heterocycles. The van der Waals surface area contributed by atoms with Crippen LogP contribution in [0.2, 0.25) is 0 Å². The number of rotatable bonds is 3. The Morgan fingerprint density at radius 2 is 1.89 bits per heavy atom. The molecule has 1 aromatic carbocycles. The molecule has 1 heterocycles. The lowest BCUT2D eigenvalue weighted by molar-refractivity contribution is -0.110. The van der Waals surface area contributed by atoms with Crippen molar-refractivity contribution in [3.8, 4) is 0 Å². The molecule has 0 radical (unpaired) electrons. The standard InChI is InChI=1S/C26H36O/c1-18(2)15-21-17-26(5)23-12-11-19(3)22(16-20-9-7-6-8-10-20)25(23,4)14-13-24(26)27-21/h6-10,15,21-24H,3,11-14,16-17H2,1-2,4-5H3/t21-,22-,23-,24+,25-,26+/m1/s1. The van der Waals surface area contributed by atoms with E-state index in [0.717, 1.165) is 12.3 Å². The van der Waals surface area contributed by atoms with Gasteiger partial charge in [0, 0.05) is 0 Å². The molecule has 0 aromatic heterocycles. The summed E-state index contributed by atoms with van der Waals surface area (Å²) in [5.41, 5.74) is 4.98. The number of benzene rings is 1. The van der Waals surface area contributed by atoms with Crippen molar-refractivity contribution < 1.29 is 4.74 Å². The van der Waals surface area contributed by atoms with Crippen LogP contribution in [0.15, 0.2) is 54.1 Å². The van der Waals surface area contributed by atoms with E-state index in [0.29, 0.717) is 29.0 Å². The molecule has 0 amide bonds. The Kier molecular flexibility index (Phi) is 4.87. The van der Waals surface area contributed by atoms with Crippen LogP contribution in [-0.2, 0) is 11.2 Å². The summed E-state index contributed by atoms with van der Waals surface area (Å²) >= 11 is 0. The predicted molar refractivity (Wildman–Crippen MR) is 114 cm³/mol. The van der Waals surface area contributed by atoms with Crippen molar-refractivity contribution >= 4 is 0 Å². The first-order valence-electron chi connectivity index (χ1n) is 10.8. The minimum atomic E-state index is 0.305. The van der Waals surface area contributed by atoms with Crippen LogP contribution in [0.1, 0.15) is 65.4 Å². The number of fused-ring (bicyclic) bond motifs is 3. The second kappa shape index (κ2) is 6.92. The van der Waals surface area contributed by atoms with E-state index in [9.17, 15) is 0 Å². The normalized spacial score (nSPS) is 41.0. The average Bonchev–Trinajstić information content (AvgIpc) is 2.94. The van der Waals surface area contributed by atoms with E-state index >= 15 is 0 Å². The zero-order valence-corrected chi connectivity index (χ0v) is 17.6. The first-order chi connectivity index (χ1) is 12.8. The number of ether oxygens (including phenoxy) is 1. The van der Waals surface area contributed by atoms with Crippen molar-refractivity contribution in [2.24, 2.45) is 22.7 Å². The number of hydrogen-bond donors (Lipinski definition) is 0. The molecule has 1 nitrogen and oxygen atoms in total. The van der Waals surface area contributed by atoms with Gasteiger partial charge in [-0.25, -0.2) is 0 Å². The predicted octanol–water partition coefficient (Wildman–Crippen LogP) is 6.74.